The van der Waals surface area contributed by atoms with Gasteiger partial charge in [0.05, 0.1) is 4.92 Å². The van der Waals surface area contributed by atoms with Crippen LogP contribution in [0.1, 0.15) is 20.8 Å². The molecule has 1 N–H and O–H groups in total. The van der Waals surface area contributed by atoms with Crippen molar-refractivity contribution in [2.75, 3.05) is 11.9 Å². The van der Waals surface area contributed by atoms with Gasteiger partial charge >= 0.3 is 11.0 Å². The Balaban J connectivity index is 1.92. The van der Waals surface area contributed by atoms with E-state index in [1.165, 1.54) is 12.1 Å². The number of nitrogens with zero attached hydrogens (tertiary/aromatic N) is 1. The predicted octanol–water partition coefficient (Wildman–Crippen LogP) is 3.07. The zero-order valence-corrected chi connectivity index (χ0v) is 13.3. The number of aryl methyl sites for hydroxylation is 1. The number of rotatable bonds is 5. The van der Waals surface area contributed by atoms with Gasteiger partial charge in [0.2, 0.25) is 0 Å². The molecule has 0 spiro atoms. The lowest BCUT2D eigenvalue weighted by Crippen LogP contribution is -2.21. The fraction of sp³-hybridized carbons (Fsp3) is 0.200. The second-order valence-corrected chi connectivity index (χ2v) is 5.83. The lowest BCUT2D eigenvalue weighted by Gasteiger charge is -2.10. The Hall–Kier alpha value is -2.74. The monoisotopic (exact) mass is 334 g/mol. The number of hydrogen-bond acceptors (Lipinski definition) is 6. The molecule has 2 aromatic rings. The van der Waals surface area contributed by atoms with Crippen molar-refractivity contribution in [1.82, 2.24) is 0 Å². The summed E-state index contributed by atoms with van der Waals surface area (Å²) >= 11 is 0.704. The molecule has 0 bridgehead atoms. The molecular formula is C15H14N2O5S. The van der Waals surface area contributed by atoms with Crippen LogP contribution in [0.25, 0.3) is 0 Å². The number of nitrogens with one attached hydrogen (secondary N) is 1. The van der Waals surface area contributed by atoms with Crippen molar-refractivity contribution in [2.24, 2.45) is 0 Å². The van der Waals surface area contributed by atoms with E-state index >= 15 is 0 Å². The first kappa shape index (κ1) is 16.6. The van der Waals surface area contributed by atoms with E-state index in [0.29, 0.717) is 17.0 Å². The maximum atomic E-state index is 11.8. The van der Waals surface area contributed by atoms with Crippen LogP contribution in [0.2, 0.25) is 0 Å². The summed E-state index contributed by atoms with van der Waals surface area (Å²) in [6, 6.07) is 8.01. The number of thiophene rings is 1. The third-order valence-corrected chi connectivity index (χ3v) is 4.20. The minimum absolute atomic E-state index is 0.0798. The van der Waals surface area contributed by atoms with Crippen LogP contribution in [0, 0.1) is 24.0 Å². The summed E-state index contributed by atoms with van der Waals surface area (Å²) in [7, 11) is 0. The van der Waals surface area contributed by atoms with E-state index in [1.54, 1.807) is 6.07 Å². The predicted molar refractivity (Wildman–Crippen MR) is 85.8 cm³/mol. The quantitative estimate of drug-likeness (QED) is 0.515. The van der Waals surface area contributed by atoms with Gasteiger partial charge in [-0.25, -0.2) is 4.79 Å². The molecule has 23 heavy (non-hydrogen) atoms. The molecule has 0 unspecified atom stereocenters. The lowest BCUT2D eigenvalue weighted by atomic mass is 10.1. The molecule has 1 aromatic carbocycles. The van der Waals surface area contributed by atoms with E-state index in [2.05, 4.69) is 5.32 Å². The summed E-state index contributed by atoms with van der Waals surface area (Å²) in [4.78, 5) is 33.6. The topological polar surface area (TPSA) is 98.5 Å². The van der Waals surface area contributed by atoms with E-state index < -0.39 is 23.4 Å². The Bertz CT molecular complexity index is 769. The fourth-order valence-electron chi connectivity index (χ4n) is 1.81. The number of ether oxygens (including phenoxy) is 1. The average Bonchev–Trinajstić information content (AvgIpc) is 3.00. The summed E-state index contributed by atoms with van der Waals surface area (Å²) in [6.45, 7) is 3.34. The molecule has 0 fully saturated rings. The standard InChI is InChI=1S/C15H14N2O5S/c1-9-4-3-5-11(10(9)2)16-13(18)8-22-15(19)12-6-7-14(23-12)17(20)21/h3-7H,8H2,1-2H3,(H,16,18). The smallest absolute Gasteiger partial charge is 0.349 e. The molecule has 8 heteroatoms. The maximum absolute atomic E-state index is 11.8. The van der Waals surface area contributed by atoms with Gasteiger partial charge in [0, 0.05) is 11.8 Å². The molecule has 1 heterocycles. The van der Waals surface area contributed by atoms with Crippen molar-refractivity contribution in [3.8, 4) is 0 Å². The molecule has 2 rings (SSSR count). The molecule has 0 aliphatic heterocycles. The van der Waals surface area contributed by atoms with E-state index in [0.717, 1.165) is 11.1 Å². The highest BCUT2D eigenvalue weighted by atomic mass is 32.1. The molecule has 0 atom stereocenters. The van der Waals surface area contributed by atoms with E-state index in [4.69, 9.17) is 4.74 Å². The Morgan fingerprint density at radius 2 is 2.00 bits per heavy atom. The van der Waals surface area contributed by atoms with Gasteiger partial charge in [0.1, 0.15) is 4.88 Å². The number of nitro groups is 1. The van der Waals surface area contributed by atoms with Gasteiger partial charge in [-0.3, -0.25) is 14.9 Å². The minimum Gasteiger partial charge on any atom is -0.451 e. The van der Waals surface area contributed by atoms with Crippen molar-refractivity contribution in [2.45, 2.75) is 13.8 Å². The summed E-state index contributed by atoms with van der Waals surface area (Å²) in [6.07, 6.45) is 0. The highest BCUT2D eigenvalue weighted by molar-refractivity contribution is 7.17. The SMILES string of the molecule is Cc1cccc(NC(=O)COC(=O)c2ccc([N+](=O)[O-])s2)c1C. The first-order valence-electron chi connectivity index (χ1n) is 6.66. The number of benzene rings is 1. The molecule has 1 aromatic heterocycles. The third-order valence-electron chi connectivity index (χ3n) is 3.19. The number of amides is 1. The van der Waals surface area contributed by atoms with Crippen LogP contribution in [-0.4, -0.2) is 23.4 Å². The molecule has 7 nitrogen and oxygen atoms in total. The molecule has 0 saturated carbocycles. The van der Waals surface area contributed by atoms with Crippen LogP contribution >= 0.6 is 11.3 Å². The van der Waals surface area contributed by atoms with Crippen LogP contribution in [0.3, 0.4) is 0 Å². The molecule has 0 saturated heterocycles. The Kier molecular flexibility index (Phi) is 5.07. The first-order chi connectivity index (χ1) is 10.9. The van der Waals surface area contributed by atoms with Crippen molar-refractivity contribution in [3.63, 3.8) is 0 Å². The van der Waals surface area contributed by atoms with Gasteiger partial charge in [-0.2, -0.15) is 0 Å². The first-order valence-corrected chi connectivity index (χ1v) is 7.47. The highest BCUT2D eigenvalue weighted by Crippen LogP contribution is 2.24. The molecule has 0 radical (unpaired) electrons. The van der Waals surface area contributed by atoms with Crippen LogP contribution < -0.4 is 5.32 Å². The van der Waals surface area contributed by atoms with Crippen LogP contribution in [0.5, 0.6) is 0 Å². The fourth-order valence-corrected chi connectivity index (χ4v) is 2.52. The molecular weight excluding hydrogens is 320 g/mol. The van der Waals surface area contributed by atoms with Gasteiger partial charge < -0.3 is 10.1 Å². The van der Waals surface area contributed by atoms with Crippen molar-refractivity contribution in [3.05, 3.63) is 56.5 Å². The molecule has 0 aliphatic rings. The van der Waals surface area contributed by atoms with Crippen molar-refractivity contribution < 1.29 is 19.2 Å². The van der Waals surface area contributed by atoms with Crippen molar-refractivity contribution >= 4 is 33.9 Å². The summed E-state index contributed by atoms with van der Waals surface area (Å²) in [5, 5.41) is 13.1. The zero-order valence-electron chi connectivity index (χ0n) is 12.5. The maximum Gasteiger partial charge on any atom is 0.349 e. The number of anilines is 1. The average molecular weight is 334 g/mol. The van der Waals surface area contributed by atoms with Crippen molar-refractivity contribution in [1.29, 1.82) is 0 Å². The van der Waals surface area contributed by atoms with Gasteiger partial charge in [-0.15, -0.1) is 0 Å². The molecule has 1 amide bonds. The summed E-state index contributed by atoms with van der Waals surface area (Å²) < 4.78 is 4.86. The number of carbonyl (C=O) groups excluding carboxylic acids is 2. The zero-order chi connectivity index (χ0) is 17.0. The Morgan fingerprint density at radius 1 is 1.26 bits per heavy atom. The molecule has 120 valence electrons. The normalized spacial score (nSPS) is 10.2. The van der Waals surface area contributed by atoms with Gasteiger partial charge in [0.25, 0.3) is 5.91 Å². The number of hydrogen-bond donors (Lipinski definition) is 1. The largest absolute Gasteiger partial charge is 0.451 e. The van der Waals surface area contributed by atoms with E-state index in [1.807, 2.05) is 26.0 Å². The summed E-state index contributed by atoms with van der Waals surface area (Å²) in [5.41, 5.74) is 2.62. The second-order valence-electron chi connectivity index (χ2n) is 4.77. The number of carbonyl (C=O) groups is 2. The van der Waals surface area contributed by atoms with E-state index in [9.17, 15) is 19.7 Å². The lowest BCUT2D eigenvalue weighted by molar-refractivity contribution is -0.380. The Labute approximate surface area is 136 Å². The van der Waals surface area contributed by atoms with Gasteiger partial charge in [-0.1, -0.05) is 23.5 Å². The van der Waals surface area contributed by atoms with Crippen LogP contribution in [0.4, 0.5) is 10.7 Å². The number of esters is 1. The van der Waals surface area contributed by atoms with Gasteiger partial charge in [0.15, 0.2) is 6.61 Å². The van der Waals surface area contributed by atoms with Crippen LogP contribution in [0.15, 0.2) is 30.3 Å². The highest BCUT2D eigenvalue weighted by Gasteiger charge is 2.17. The van der Waals surface area contributed by atoms with Gasteiger partial charge in [-0.05, 0) is 37.1 Å². The summed E-state index contributed by atoms with van der Waals surface area (Å²) in [5.74, 6) is -1.24. The molecule has 0 aliphatic carbocycles. The van der Waals surface area contributed by atoms with E-state index in [-0.39, 0.29) is 9.88 Å². The Morgan fingerprint density at radius 3 is 2.65 bits per heavy atom. The minimum atomic E-state index is -0.765. The van der Waals surface area contributed by atoms with Crippen LogP contribution in [-0.2, 0) is 9.53 Å². The second kappa shape index (κ2) is 7.01. The third kappa shape index (κ3) is 4.13.